The molecule has 0 amide bonds. The minimum atomic E-state index is -0.973. The van der Waals surface area contributed by atoms with Crippen LogP contribution < -0.4 is 0 Å². The van der Waals surface area contributed by atoms with Gasteiger partial charge < -0.3 is 14.4 Å². The van der Waals surface area contributed by atoms with Gasteiger partial charge in [0.05, 0.1) is 0 Å². The molecule has 0 bridgehead atoms. The fourth-order valence-corrected chi connectivity index (χ4v) is 2.81. The molecular formula is C20H24N2O2. The lowest BCUT2D eigenvalue weighted by atomic mass is 10.1. The van der Waals surface area contributed by atoms with Gasteiger partial charge in [-0.15, -0.1) is 0 Å². The lowest BCUT2D eigenvalue weighted by Crippen LogP contribution is -2.14. The van der Waals surface area contributed by atoms with Crippen LogP contribution in [0.15, 0.2) is 36.7 Å². The minimum Gasteiger partial charge on any atom is -0.381 e. The first kappa shape index (κ1) is 16.8. The average molecular weight is 324 g/mol. The Bertz CT molecular complexity index is 723. The number of aliphatic hydroxyl groups is 1. The summed E-state index contributed by atoms with van der Waals surface area (Å²) in [5.74, 6) is 7.47. The van der Waals surface area contributed by atoms with Crippen molar-refractivity contribution in [3.05, 3.63) is 42.2 Å². The zero-order chi connectivity index (χ0) is 17.0. The number of hydrogen-bond donors (Lipinski definition) is 1. The van der Waals surface area contributed by atoms with Crippen molar-refractivity contribution in [3.8, 4) is 23.2 Å². The van der Waals surface area contributed by atoms with E-state index >= 15 is 0 Å². The van der Waals surface area contributed by atoms with Crippen molar-refractivity contribution in [2.75, 3.05) is 13.2 Å². The van der Waals surface area contributed by atoms with Crippen molar-refractivity contribution < 1.29 is 9.84 Å². The van der Waals surface area contributed by atoms with Crippen LogP contribution in [0.4, 0.5) is 0 Å². The van der Waals surface area contributed by atoms with Gasteiger partial charge in [-0.05, 0) is 44.7 Å². The number of aromatic nitrogens is 2. The van der Waals surface area contributed by atoms with E-state index in [9.17, 15) is 5.11 Å². The largest absolute Gasteiger partial charge is 0.381 e. The molecular weight excluding hydrogens is 300 g/mol. The highest BCUT2D eigenvalue weighted by molar-refractivity contribution is 5.57. The van der Waals surface area contributed by atoms with Gasteiger partial charge in [0.25, 0.3) is 0 Å². The molecule has 126 valence electrons. The predicted octanol–water partition coefficient (Wildman–Crippen LogP) is 3.10. The second kappa shape index (κ2) is 7.21. The fraction of sp³-hybridized carbons (Fsp3) is 0.450. The Balaban J connectivity index is 1.70. The molecule has 24 heavy (non-hydrogen) atoms. The quantitative estimate of drug-likeness (QED) is 0.879. The number of aryl methyl sites for hydroxylation is 1. The molecule has 1 aromatic heterocycles. The fourth-order valence-electron chi connectivity index (χ4n) is 2.81. The Kier molecular flexibility index (Phi) is 5.03. The predicted molar refractivity (Wildman–Crippen MR) is 94.4 cm³/mol. The van der Waals surface area contributed by atoms with Crippen LogP contribution in [-0.4, -0.2) is 33.5 Å². The van der Waals surface area contributed by atoms with Crippen LogP contribution in [0, 0.1) is 17.8 Å². The number of nitrogens with zero attached hydrogens (tertiary/aromatic N) is 2. The molecule has 1 fully saturated rings. The SMILES string of the molecule is CC(C)(O)C#Cc1ccc(-c2nccn2CCC2CCOC2)cc1. The molecule has 1 unspecified atom stereocenters. The van der Waals surface area contributed by atoms with Crippen molar-refractivity contribution in [2.45, 2.75) is 38.8 Å². The summed E-state index contributed by atoms with van der Waals surface area (Å²) >= 11 is 0. The summed E-state index contributed by atoms with van der Waals surface area (Å²) in [6.07, 6.45) is 6.17. The maximum atomic E-state index is 9.67. The van der Waals surface area contributed by atoms with Gasteiger partial charge in [0.15, 0.2) is 0 Å². The highest BCUT2D eigenvalue weighted by Gasteiger charge is 2.16. The van der Waals surface area contributed by atoms with Crippen molar-refractivity contribution in [3.63, 3.8) is 0 Å². The topological polar surface area (TPSA) is 47.3 Å². The first-order valence-electron chi connectivity index (χ1n) is 8.46. The highest BCUT2D eigenvalue weighted by Crippen LogP contribution is 2.21. The van der Waals surface area contributed by atoms with Crippen LogP contribution >= 0.6 is 0 Å². The Morgan fingerprint density at radius 3 is 2.79 bits per heavy atom. The van der Waals surface area contributed by atoms with Gasteiger partial charge in [0.1, 0.15) is 11.4 Å². The van der Waals surface area contributed by atoms with E-state index < -0.39 is 5.60 Å². The average Bonchev–Trinajstić information content (AvgIpc) is 3.22. The monoisotopic (exact) mass is 324 g/mol. The van der Waals surface area contributed by atoms with Gasteiger partial charge in [0, 0.05) is 43.3 Å². The highest BCUT2D eigenvalue weighted by atomic mass is 16.5. The van der Waals surface area contributed by atoms with E-state index in [-0.39, 0.29) is 0 Å². The van der Waals surface area contributed by atoms with Crippen molar-refractivity contribution in [1.29, 1.82) is 0 Å². The van der Waals surface area contributed by atoms with Gasteiger partial charge >= 0.3 is 0 Å². The third kappa shape index (κ3) is 4.47. The summed E-state index contributed by atoms with van der Waals surface area (Å²) in [5, 5.41) is 9.67. The smallest absolute Gasteiger partial charge is 0.139 e. The number of ether oxygens (including phenoxy) is 1. The lowest BCUT2D eigenvalue weighted by Gasteiger charge is -2.11. The van der Waals surface area contributed by atoms with Crippen LogP contribution in [-0.2, 0) is 11.3 Å². The molecule has 0 aliphatic carbocycles. The zero-order valence-corrected chi connectivity index (χ0v) is 14.3. The second-order valence-electron chi connectivity index (χ2n) is 6.85. The summed E-state index contributed by atoms with van der Waals surface area (Å²) < 4.78 is 7.65. The molecule has 1 saturated heterocycles. The van der Waals surface area contributed by atoms with E-state index in [0.29, 0.717) is 5.92 Å². The number of benzene rings is 1. The summed E-state index contributed by atoms with van der Waals surface area (Å²) in [6.45, 7) is 6.11. The summed E-state index contributed by atoms with van der Waals surface area (Å²) in [5.41, 5.74) is 0.998. The molecule has 4 nitrogen and oxygen atoms in total. The van der Waals surface area contributed by atoms with Gasteiger partial charge in [0.2, 0.25) is 0 Å². The van der Waals surface area contributed by atoms with Crippen molar-refractivity contribution in [2.24, 2.45) is 5.92 Å². The van der Waals surface area contributed by atoms with Gasteiger partial charge in [-0.25, -0.2) is 4.98 Å². The first-order valence-corrected chi connectivity index (χ1v) is 8.46. The maximum Gasteiger partial charge on any atom is 0.139 e. The molecule has 1 aromatic carbocycles. The molecule has 1 aliphatic heterocycles. The Hall–Kier alpha value is -2.09. The standard InChI is InChI=1S/C20H24N2O2/c1-20(2,23)10-7-16-3-5-18(6-4-16)19-21-11-13-22(19)12-8-17-9-14-24-15-17/h3-6,11,13,17,23H,8-9,12,14-15H2,1-2H3. The van der Waals surface area contributed by atoms with Gasteiger partial charge in [-0.1, -0.05) is 24.0 Å². The molecule has 0 radical (unpaired) electrons. The van der Waals surface area contributed by atoms with Gasteiger partial charge in [-0.2, -0.15) is 0 Å². The van der Waals surface area contributed by atoms with Crippen LogP contribution in [0.1, 0.15) is 32.3 Å². The summed E-state index contributed by atoms with van der Waals surface area (Å²) in [6, 6.07) is 8.01. The molecule has 0 spiro atoms. The van der Waals surface area contributed by atoms with Crippen molar-refractivity contribution in [1.82, 2.24) is 9.55 Å². The van der Waals surface area contributed by atoms with E-state index in [1.54, 1.807) is 13.8 Å². The van der Waals surface area contributed by atoms with E-state index in [0.717, 1.165) is 43.1 Å². The molecule has 0 saturated carbocycles. The summed E-state index contributed by atoms with van der Waals surface area (Å²) in [4.78, 5) is 4.50. The third-order valence-electron chi connectivity index (χ3n) is 4.17. The van der Waals surface area contributed by atoms with Crippen LogP contribution in [0.25, 0.3) is 11.4 Å². The summed E-state index contributed by atoms with van der Waals surface area (Å²) in [7, 11) is 0. The Labute approximate surface area is 143 Å². The lowest BCUT2D eigenvalue weighted by molar-refractivity contribution is 0.143. The van der Waals surface area contributed by atoms with Crippen molar-refractivity contribution >= 4 is 0 Å². The molecule has 2 heterocycles. The number of imidazole rings is 1. The third-order valence-corrected chi connectivity index (χ3v) is 4.17. The maximum absolute atomic E-state index is 9.67. The van der Waals surface area contributed by atoms with Crippen LogP contribution in [0.5, 0.6) is 0 Å². The van der Waals surface area contributed by atoms with Crippen LogP contribution in [0.3, 0.4) is 0 Å². The molecule has 1 N–H and O–H groups in total. The van der Waals surface area contributed by atoms with E-state index in [1.807, 2.05) is 36.7 Å². The van der Waals surface area contributed by atoms with Gasteiger partial charge in [-0.3, -0.25) is 0 Å². The first-order chi connectivity index (χ1) is 11.5. The Morgan fingerprint density at radius 2 is 2.12 bits per heavy atom. The molecule has 3 rings (SSSR count). The molecule has 1 aliphatic rings. The molecule has 1 atom stereocenters. The number of rotatable bonds is 4. The van der Waals surface area contributed by atoms with E-state index in [4.69, 9.17) is 4.74 Å². The molecule has 2 aromatic rings. The van der Waals surface area contributed by atoms with E-state index in [1.165, 1.54) is 6.42 Å². The minimum absolute atomic E-state index is 0.666. The van der Waals surface area contributed by atoms with Crippen LogP contribution in [0.2, 0.25) is 0 Å². The van der Waals surface area contributed by atoms with E-state index in [2.05, 4.69) is 21.4 Å². The number of hydrogen-bond acceptors (Lipinski definition) is 3. The molecule has 4 heteroatoms. The normalized spacial score (nSPS) is 17.5. The zero-order valence-electron chi connectivity index (χ0n) is 14.3. The second-order valence-corrected chi connectivity index (χ2v) is 6.85. The Morgan fingerprint density at radius 1 is 1.33 bits per heavy atom.